The first-order valence-corrected chi connectivity index (χ1v) is 2.80. The zero-order valence-corrected chi connectivity index (χ0v) is 5.55. The van der Waals surface area contributed by atoms with Gasteiger partial charge in [0, 0.05) is 14.0 Å². The molecule has 3 nitrogen and oxygen atoms in total. The third-order valence-corrected chi connectivity index (χ3v) is 1.13. The number of carbonyl (C=O) groups excluding carboxylic acids is 1. The Morgan fingerprint density at radius 2 is 2.56 bits per heavy atom. The number of hydrogen-bond donors (Lipinski definition) is 0. The molecule has 50 valence electrons. The Hall–Kier alpha value is -0.830. The Bertz CT molecular complexity index is 162. The van der Waals surface area contributed by atoms with E-state index in [0.717, 1.165) is 0 Å². The highest BCUT2D eigenvalue weighted by atomic mass is 16.7. The molecule has 0 saturated carbocycles. The third-order valence-electron chi connectivity index (χ3n) is 1.13. The van der Waals surface area contributed by atoms with Crippen molar-refractivity contribution < 1.29 is 9.63 Å². The van der Waals surface area contributed by atoms with E-state index in [4.69, 9.17) is 4.84 Å². The van der Waals surface area contributed by atoms with Crippen LogP contribution in [-0.2, 0) is 9.63 Å². The topological polar surface area (TPSA) is 29.5 Å². The van der Waals surface area contributed by atoms with Crippen LogP contribution in [-0.4, -0.2) is 24.4 Å². The molecular formula is C6H9NO2. The summed E-state index contributed by atoms with van der Waals surface area (Å²) in [5.74, 6) is 0.442. The summed E-state index contributed by atoms with van der Waals surface area (Å²) < 4.78 is 0. The van der Waals surface area contributed by atoms with Crippen LogP contribution in [0.3, 0.4) is 0 Å². The molecule has 0 radical (unpaired) electrons. The lowest BCUT2D eigenvalue weighted by Gasteiger charge is -2.06. The van der Waals surface area contributed by atoms with Gasteiger partial charge in [-0.05, 0) is 6.08 Å². The molecule has 3 heteroatoms. The summed E-state index contributed by atoms with van der Waals surface area (Å²) in [4.78, 5) is 15.5. The van der Waals surface area contributed by atoms with Crippen molar-refractivity contribution in [2.45, 2.75) is 6.92 Å². The fraction of sp³-hybridized carbons (Fsp3) is 0.500. The number of allylic oxidation sites excluding steroid dienone is 1. The van der Waals surface area contributed by atoms with Crippen molar-refractivity contribution in [1.29, 1.82) is 0 Å². The van der Waals surface area contributed by atoms with Gasteiger partial charge in [-0.3, -0.25) is 4.79 Å². The fourth-order valence-electron chi connectivity index (χ4n) is 0.662. The van der Waals surface area contributed by atoms with Gasteiger partial charge >= 0.3 is 0 Å². The molecule has 1 aliphatic heterocycles. The summed E-state index contributed by atoms with van der Waals surface area (Å²) in [5.41, 5.74) is 0. The van der Waals surface area contributed by atoms with Crippen LogP contribution in [0.2, 0.25) is 0 Å². The highest BCUT2D eigenvalue weighted by Gasteiger charge is 2.14. The first-order chi connectivity index (χ1) is 4.20. The minimum Gasteiger partial charge on any atom is -0.402 e. The molecule has 0 amide bonds. The molecule has 0 bridgehead atoms. The molecule has 1 aliphatic rings. The number of likely N-dealkylation sites (N-methyl/N-ethyl adjacent to an activating group) is 1. The van der Waals surface area contributed by atoms with Crippen LogP contribution >= 0.6 is 0 Å². The number of nitrogens with zero attached hydrogens (tertiary/aromatic N) is 1. The van der Waals surface area contributed by atoms with Gasteiger partial charge in [-0.1, -0.05) is 0 Å². The van der Waals surface area contributed by atoms with Crippen molar-refractivity contribution in [3.05, 3.63) is 11.8 Å². The summed E-state index contributed by atoms with van der Waals surface area (Å²) in [5, 5.41) is 1.61. The minimum absolute atomic E-state index is 0.0145. The van der Waals surface area contributed by atoms with E-state index in [0.29, 0.717) is 12.3 Å². The van der Waals surface area contributed by atoms with Crippen molar-refractivity contribution in [2.24, 2.45) is 0 Å². The van der Waals surface area contributed by atoms with Crippen LogP contribution < -0.4 is 0 Å². The predicted molar refractivity (Wildman–Crippen MR) is 32.5 cm³/mol. The fourth-order valence-corrected chi connectivity index (χ4v) is 0.662. The molecular weight excluding hydrogens is 118 g/mol. The lowest BCUT2D eigenvalue weighted by atomic mass is 10.3. The van der Waals surface area contributed by atoms with Gasteiger partial charge in [0.25, 0.3) is 0 Å². The largest absolute Gasteiger partial charge is 0.402 e. The zero-order valence-electron chi connectivity index (χ0n) is 5.55. The molecule has 1 rings (SSSR count). The maximum absolute atomic E-state index is 10.6. The lowest BCUT2D eigenvalue weighted by Crippen LogP contribution is -2.12. The summed E-state index contributed by atoms with van der Waals surface area (Å²) in [7, 11) is 1.78. The van der Waals surface area contributed by atoms with E-state index in [1.807, 2.05) is 0 Å². The Morgan fingerprint density at radius 1 is 1.89 bits per heavy atom. The van der Waals surface area contributed by atoms with Gasteiger partial charge in [0.05, 0.1) is 6.54 Å². The molecule has 0 aliphatic carbocycles. The SMILES string of the molecule is CC(=O)C1=CCN(C)O1. The van der Waals surface area contributed by atoms with Gasteiger partial charge in [0.15, 0.2) is 11.5 Å². The second-order valence-electron chi connectivity index (χ2n) is 2.03. The molecule has 9 heavy (non-hydrogen) atoms. The predicted octanol–water partition coefficient (Wildman–Crippen LogP) is 0.336. The Morgan fingerprint density at radius 3 is 2.78 bits per heavy atom. The standard InChI is InChI=1S/C6H9NO2/c1-5(8)6-3-4-7(2)9-6/h3H,4H2,1-2H3. The Balaban J connectivity index is 2.55. The third kappa shape index (κ3) is 1.29. The van der Waals surface area contributed by atoms with E-state index in [1.54, 1.807) is 18.2 Å². The quantitative estimate of drug-likeness (QED) is 0.508. The van der Waals surface area contributed by atoms with Crippen LogP contribution in [0.4, 0.5) is 0 Å². The zero-order chi connectivity index (χ0) is 6.85. The van der Waals surface area contributed by atoms with E-state index in [9.17, 15) is 4.79 Å². The molecule has 0 aromatic heterocycles. The van der Waals surface area contributed by atoms with Gasteiger partial charge in [-0.15, -0.1) is 5.06 Å². The van der Waals surface area contributed by atoms with Crippen LogP contribution in [0.15, 0.2) is 11.8 Å². The van der Waals surface area contributed by atoms with E-state index in [-0.39, 0.29) is 5.78 Å². The normalized spacial score (nSPS) is 19.1. The average molecular weight is 127 g/mol. The lowest BCUT2D eigenvalue weighted by molar-refractivity contribution is -0.126. The maximum Gasteiger partial charge on any atom is 0.196 e. The maximum atomic E-state index is 10.6. The van der Waals surface area contributed by atoms with Crippen molar-refractivity contribution in [1.82, 2.24) is 5.06 Å². The monoisotopic (exact) mass is 127 g/mol. The van der Waals surface area contributed by atoms with Crippen LogP contribution in [0.1, 0.15) is 6.92 Å². The Labute approximate surface area is 53.9 Å². The van der Waals surface area contributed by atoms with Crippen LogP contribution in [0.5, 0.6) is 0 Å². The van der Waals surface area contributed by atoms with Gasteiger partial charge in [-0.2, -0.15) is 0 Å². The number of ketones is 1. The first-order valence-electron chi connectivity index (χ1n) is 2.80. The number of rotatable bonds is 1. The van der Waals surface area contributed by atoms with E-state index >= 15 is 0 Å². The molecule has 1 heterocycles. The molecule has 0 spiro atoms. The van der Waals surface area contributed by atoms with Gasteiger partial charge in [-0.25, -0.2) is 0 Å². The van der Waals surface area contributed by atoms with E-state index in [1.165, 1.54) is 6.92 Å². The minimum atomic E-state index is -0.0145. The second kappa shape index (κ2) is 2.19. The number of Topliss-reactive ketones (excluding diaryl/α,β-unsaturated/α-hetero) is 1. The van der Waals surface area contributed by atoms with Crippen molar-refractivity contribution >= 4 is 5.78 Å². The second-order valence-corrected chi connectivity index (χ2v) is 2.03. The van der Waals surface area contributed by atoms with Gasteiger partial charge in [0.2, 0.25) is 0 Å². The molecule has 0 atom stereocenters. The smallest absolute Gasteiger partial charge is 0.196 e. The number of hydroxylamine groups is 2. The van der Waals surface area contributed by atoms with Crippen LogP contribution in [0, 0.1) is 0 Å². The molecule has 0 aromatic carbocycles. The average Bonchev–Trinajstić information content (AvgIpc) is 2.14. The van der Waals surface area contributed by atoms with Crippen molar-refractivity contribution in [3.8, 4) is 0 Å². The van der Waals surface area contributed by atoms with Gasteiger partial charge < -0.3 is 4.84 Å². The summed E-state index contributed by atoms with van der Waals surface area (Å²) >= 11 is 0. The highest BCUT2D eigenvalue weighted by Crippen LogP contribution is 2.08. The molecule has 0 aromatic rings. The van der Waals surface area contributed by atoms with Crippen molar-refractivity contribution in [3.63, 3.8) is 0 Å². The molecule has 0 fully saturated rings. The van der Waals surface area contributed by atoms with Gasteiger partial charge in [0.1, 0.15) is 0 Å². The summed E-state index contributed by atoms with van der Waals surface area (Å²) in [6.07, 6.45) is 1.77. The number of hydrogen-bond acceptors (Lipinski definition) is 3. The molecule has 0 saturated heterocycles. The number of carbonyl (C=O) groups is 1. The summed E-state index contributed by atoms with van der Waals surface area (Å²) in [6.45, 7) is 2.19. The summed E-state index contributed by atoms with van der Waals surface area (Å²) in [6, 6.07) is 0. The Kier molecular flexibility index (Phi) is 1.53. The highest BCUT2D eigenvalue weighted by molar-refractivity contribution is 5.91. The molecule has 0 unspecified atom stereocenters. The van der Waals surface area contributed by atoms with E-state index < -0.39 is 0 Å². The first kappa shape index (κ1) is 6.29. The van der Waals surface area contributed by atoms with Crippen molar-refractivity contribution in [2.75, 3.05) is 13.6 Å². The van der Waals surface area contributed by atoms with Crippen LogP contribution in [0.25, 0.3) is 0 Å². The van der Waals surface area contributed by atoms with E-state index in [2.05, 4.69) is 0 Å². The molecule has 0 N–H and O–H groups in total.